The van der Waals surface area contributed by atoms with E-state index in [2.05, 4.69) is 56.0 Å². The Labute approximate surface area is 252 Å². The molecular formula is C31H31F3N6O2S. The molecule has 2 amide bonds. The Bertz CT molecular complexity index is 1590. The van der Waals surface area contributed by atoms with Crippen LogP contribution >= 0.6 is 11.8 Å². The van der Waals surface area contributed by atoms with Crippen LogP contribution in [0, 0.1) is 0 Å². The highest BCUT2D eigenvalue weighted by Gasteiger charge is 2.31. The molecule has 224 valence electrons. The van der Waals surface area contributed by atoms with Crippen LogP contribution in [0.25, 0.3) is 17.1 Å². The van der Waals surface area contributed by atoms with Gasteiger partial charge in [-0.15, -0.1) is 18.3 Å². The summed E-state index contributed by atoms with van der Waals surface area (Å²) in [7, 11) is 0. The zero-order chi connectivity index (χ0) is 30.6. The van der Waals surface area contributed by atoms with Gasteiger partial charge in [-0.2, -0.15) is 4.99 Å². The van der Waals surface area contributed by atoms with Gasteiger partial charge in [0, 0.05) is 30.1 Å². The van der Waals surface area contributed by atoms with E-state index in [0.29, 0.717) is 29.1 Å². The topological polar surface area (TPSA) is 84.6 Å². The fourth-order valence-electron chi connectivity index (χ4n) is 4.71. The number of aromatic nitrogens is 3. The molecule has 1 fully saturated rings. The molecule has 1 aliphatic rings. The molecule has 0 saturated carbocycles. The standard InChI is InChI=1S/C31H31F3N6O2S/c1-20(2)26-6-4-5-7-27(26)39-16-17-43-30(39)37-29(41)35-18-21(3)22-8-10-23(11-9-22)28-36-19-40(38-28)24-12-14-25(15-13-24)42-31(32,33)34/h4-15,19-21H,16-18H2,1-3H3,(H,35,41)/b37-30-. The molecule has 0 radical (unpaired) electrons. The molecule has 1 saturated heterocycles. The van der Waals surface area contributed by atoms with E-state index < -0.39 is 6.36 Å². The Morgan fingerprint density at radius 2 is 1.77 bits per heavy atom. The molecule has 1 unspecified atom stereocenters. The third kappa shape index (κ3) is 7.56. The molecule has 1 atom stereocenters. The normalized spacial score (nSPS) is 15.2. The van der Waals surface area contributed by atoms with E-state index in [-0.39, 0.29) is 17.7 Å². The van der Waals surface area contributed by atoms with Crippen LogP contribution in [-0.4, -0.2) is 51.2 Å². The highest BCUT2D eigenvalue weighted by molar-refractivity contribution is 8.14. The number of hydrogen-bond donors (Lipinski definition) is 1. The number of benzene rings is 3. The minimum Gasteiger partial charge on any atom is -0.406 e. The first-order chi connectivity index (χ1) is 20.6. The number of halogens is 3. The summed E-state index contributed by atoms with van der Waals surface area (Å²) in [6.45, 7) is 7.57. The minimum absolute atomic E-state index is 0.0372. The Balaban J connectivity index is 1.18. The number of thioether (sulfide) groups is 1. The quantitative estimate of drug-likeness (QED) is 0.225. The number of carbonyl (C=O) groups is 1. The van der Waals surface area contributed by atoms with Gasteiger partial charge in [0.25, 0.3) is 0 Å². The molecule has 12 heteroatoms. The number of hydrogen-bond acceptors (Lipinski definition) is 5. The Kier molecular flexibility index (Phi) is 9.05. The maximum absolute atomic E-state index is 12.8. The van der Waals surface area contributed by atoms with E-state index in [4.69, 9.17) is 0 Å². The average Bonchev–Trinajstić information content (AvgIpc) is 3.66. The lowest BCUT2D eigenvalue weighted by Crippen LogP contribution is -2.29. The first kappa shape index (κ1) is 30.1. The van der Waals surface area contributed by atoms with Crippen LogP contribution < -0.4 is 15.0 Å². The second kappa shape index (κ2) is 12.9. The maximum Gasteiger partial charge on any atom is 0.573 e. The van der Waals surface area contributed by atoms with E-state index in [0.717, 1.165) is 29.1 Å². The summed E-state index contributed by atoms with van der Waals surface area (Å²) in [5.74, 6) is 1.43. The summed E-state index contributed by atoms with van der Waals surface area (Å²) < 4.78 is 42.6. The number of rotatable bonds is 8. The van der Waals surface area contributed by atoms with Gasteiger partial charge < -0.3 is 15.0 Å². The third-order valence-electron chi connectivity index (χ3n) is 6.95. The van der Waals surface area contributed by atoms with Crippen LogP contribution in [-0.2, 0) is 0 Å². The zero-order valence-corrected chi connectivity index (χ0v) is 24.7. The van der Waals surface area contributed by atoms with E-state index in [1.54, 1.807) is 11.8 Å². The molecule has 2 heterocycles. The molecule has 1 aromatic heterocycles. The molecule has 0 spiro atoms. The van der Waals surface area contributed by atoms with E-state index in [1.807, 2.05) is 43.3 Å². The molecule has 3 aromatic carbocycles. The average molecular weight is 609 g/mol. The van der Waals surface area contributed by atoms with Gasteiger partial charge in [-0.25, -0.2) is 14.5 Å². The van der Waals surface area contributed by atoms with Crippen molar-refractivity contribution in [2.75, 3.05) is 23.7 Å². The lowest BCUT2D eigenvalue weighted by Gasteiger charge is -2.23. The van der Waals surface area contributed by atoms with Gasteiger partial charge in [-0.3, -0.25) is 0 Å². The zero-order valence-electron chi connectivity index (χ0n) is 23.9. The molecule has 43 heavy (non-hydrogen) atoms. The van der Waals surface area contributed by atoms with Crippen LogP contribution in [0.1, 0.15) is 43.7 Å². The summed E-state index contributed by atoms with van der Waals surface area (Å²) >= 11 is 1.58. The number of para-hydroxylation sites is 1. The monoisotopic (exact) mass is 608 g/mol. The van der Waals surface area contributed by atoms with E-state index in [9.17, 15) is 18.0 Å². The van der Waals surface area contributed by atoms with Crippen molar-refractivity contribution in [2.45, 2.75) is 39.0 Å². The molecule has 1 aliphatic heterocycles. The van der Waals surface area contributed by atoms with Crippen molar-refractivity contribution in [3.63, 3.8) is 0 Å². The van der Waals surface area contributed by atoms with E-state index >= 15 is 0 Å². The SMILES string of the molecule is CC(C)c1ccccc1N1CCS/C1=N\C(=O)NCC(C)c1ccc(-c2ncn(-c3ccc(OC(F)(F)F)cc3)n2)cc1. The molecule has 8 nitrogen and oxygen atoms in total. The number of urea groups is 1. The minimum atomic E-state index is -4.75. The van der Waals surface area contributed by atoms with Crippen LogP contribution in [0.15, 0.2) is 84.1 Å². The van der Waals surface area contributed by atoms with Crippen molar-refractivity contribution in [2.24, 2.45) is 4.99 Å². The van der Waals surface area contributed by atoms with Crippen LogP contribution in [0.3, 0.4) is 0 Å². The van der Waals surface area contributed by atoms with Crippen molar-refractivity contribution in [1.29, 1.82) is 0 Å². The fourth-order valence-corrected chi connectivity index (χ4v) is 5.65. The van der Waals surface area contributed by atoms with E-state index in [1.165, 1.54) is 40.8 Å². The predicted octanol–water partition coefficient (Wildman–Crippen LogP) is 7.38. The van der Waals surface area contributed by atoms with Crippen molar-refractivity contribution in [3.05, 3.63) is 90.3 Å². The van der Waals surface area contributed by atoms with Crippen LogP contribution in [0.5, 0.6) is 5.75 Å². The fraction of sp³-hybridized carbons (Fsp3) is 0.290. The molecule has 1 N–H and O–H groups in total. The summed E-state index contributed by atoms with van der Waals surface area (Å²) in [4.78, 5) is 23.6. The first-order valence-corrected chi connectivity index (χ1v) is 14.8. The number of nitrogens with zero attached hydrogens (tertiary/aromatic N) is 5. The van der Waals surface area contributed by atoms with Crippen LogP contribution in [0.4, 0.5) is 23.7 Å². The number of amidine groups is 1. The Morgan fingerprint density at radius 1 is 1.05 bits per heavy atom. The van der Waals surface area contributed by atoms with Crippen molar-refractivity contribution in [1.82, 2.24) is 20.1 Å². The number of anilines is 1. The molecule has 5 rings (SSSR count). The molecule has 4 aromatic rings. The first-order valence-electron chi connectivity index (χ1n) is 13.8. The van der Waals surface area contributed by atoms with Crippen molar-refractivity contribution >= 4 is 28.6 Å². The molecule has 0 aliphatic carbocycles. The van der Waals surface area contributed by atoms with Gasteiger partial charge in [0.2, 0.25) is 0 Å². The maximum atomic E-state index is 12.8. The molecule has 0 bridgehead atoms. The lowest BCUT2D eigenvalue weighted by atomic mass is 10.00. The predicted molar refractivity (Wildman–Crippen MR) is 163 cm³/mol. The van der Waals surface area contributed by atoms with Gasteiger partial charge in [0.15, 0.2) is 11.0 Å². The number of carbonyl (C=O) groups excluding carboxylic acids is 1. The van der Waals surface area contributed by atoms with Gasteiger partial charge >= 0.3 is 12.4 Å². The van der Waals surface area contributed by atoms with Gasteiger partial charge in [-0.1, -0.05) is 75.0 Å². The van der Waals surface area contributed by atoms with Gasteiger partial charge in [0.1, 0.15) is 12.1 Å². The number of nitrogens with one attached hydrogen (secondary N) is 1. The Morgan fingerprint density at radius 3 is 2.47 bits per heavy atom. The number of amides is 2. The number of aliphatic imine (C=N–C) groups is 1. The van der Waals surface area contributed by atoms with Gasteiger partial charge in [-0.05, 0) is 53.3 Å². The number of alkyl halides is 3. The Hall–Kier alpha value is -4.32. The highest BCUT2D eigenvalue weighted by atomic mass is 32.2. The smallest absolute Gasteiger partial charge is 0.406 e. The molecular weight excluding hydrogens is 577 g/mol. The van der Waals surface area contributed by atoms with Crippen molar-refractivity contribution < 1.29 is 22.7 Å². The second-order valence-electron chi connectivity index (χ2n) is 10.4. The highest BCUT2D eigenvalue weighted by Crippen LogP contribution is 2.32. The summed E-state index contributed by atoms with van der Waals surface area (Å²) in [6, 6.07) is 21.0. The second-order valence-corrected chi connectivity index (χ2v) is 11.4. The summed E-state index contributed by atoms with van der Waals surface area (Å²) in [5.41, 5.74) is 4.67. The van der Waals surface area contributed by atoms with Crippen LogP contribution in [0.2, 0.25) is 0 Å². The third-order valence-corrected chi connectivity index (χ3v) is 7.90. The summed E-state index contributed by atoms with van der Waals surface area (Å²) in [5, 5.41) is 8.09. The number of ether oxygens (including phenoxy) is 1. The van der Waals surface area contributed by atoms with Gasteiger partial charge in [0.05, 0.1) is 5.69 Å². The lowest BCUT2D eigenvalue weighted by molar-refractivity contribution is -0.274. The van der Waals surface area contributed by atoms with Crippen molar-refractivity contribution in [3.8, 4) is 22.8 Å². The largest absolute Gasteiger partial charge is 0.573 e. The summed E-state index contributed by atoms with van der Waals surface area (Å²) in [6.07, 6.45) is -3.25.